The number of imidazole rings is 1. The molecule has 0 saturated heterocycles. The number of nitrogens with one attached hydrogen (secondary N) is 2. The highest BCUT2D eigenvalue weighted by Gasteiger charge is 2.38. The maximum absolute atomic E-state index is 13.4. The third kappa shape index (κ3) is 5.45. The molecule has 1 aliphatic carbocycles. The molecule has 0 radical (unpaired) electrons. The maximum atomic E-state index is 13.4. The van der Waals surface area contributed by atoms with Crippen LogP contribution >= 0.6 is 0 Å². The number of H-pyrrole nitrogens is 1. The molecule has 0 aliphatic heterocycles. The van der Waals surface area contributed by atoms with Crippen LogP contribution in [0.4, 0.5) is 5.69 Å². The van der Waals surface area contributed by atoms with Crippen LogP contribution in [0.5, 0.6) is 5.75 Å². The molecule has 2 atom stereocenters. The zero-order valence-electron chi connectivity index (χ0n) is 22.3. The Bertz CT molecular complexity index is 1870. The fourth-order valence-corrected chi connectivity index (χ4v) is 6.53. The van der Waals surface area contributed by atoms with E-state index in [4.69, 9.17) is 4.42 Å². The summed E-state index contributed by atoms with van der Waals surface area (Å²) >= 11 is 0. The van der Waals surface area contributed by atoms with Gasteiger partial charge in [-0.2, -0.15) is 8.42 Å². The van der Waals surface area contributed by atoms with Crippen molar-refractivity contribution in [1.29, 1.82) is 0 Å². The molecule has 2 aromatic carbocycles. The lowest BCUT2D eigenvalue weighted by Crippen LogP contribution is -2.18. The van der Waals surface area contributed by atoms with Crippen LogP contribution < -0.4 is 10.3 Å². The quantitative estimate of drug-likeness (QED) is 0.196. The molecular formula is C30H29N5O5S. The Morgan fingerprint density at radius 1 is 1.07 bits per heavy atom. The topological polar surface area (TPSA) is 151 Å². The highest BCUT2D eigenvalue weighted by molar-refractivity contribution is 7.92. The van der Waals surface area contributed by atoms with Crippen LogP contribution in [-0.4, -0.2) is 33.5 Å². The number of fused-ring (bicyclic) bond motifs is 1. The summed E-state index contributed by atoms with van der Waals surface area (Å²) in [7, 11) is -4.08. The molecule has 0 amide bonds. The van der Waals surface area contributed by atoms with Gasteiger partial charge in [-0.25, -0.2) is 19.7 Å². The van der Waals surface area contributed by atoms with E-state index in [9.17, 15) is 18.3 Å². The van der Waals surface area contributed by atoms with Crippen LogP contribution in [0.15, 0.2) is 87.6 Å². The number of hydrogen-bond donors (Lipinski definition) is 3. The first-order chi connectivity index (χ1) is 19.8. The van der Waals surface area contributed by atoms with Gasteiger partial charge in [0.25, 0.3) is 10.0 Å². The summed E-state index contributed by atoms with van der Waals surface area (Å²) in [5, 5.41) is 11.0. The number of sulfonamides is 1. The van der Waals surface area contributed by atoms with Gasteiger partial charge >= 0.3 is 5.63 Å². The molecule has 6 rings (SSSR count). The predicted molar refractivity (Wildman–Crippen MR) is 153 cm³/mol. The molecule has 1 aliphatic rings. The van der Waals surface area contributed by atoms with Crippen LogP contribution in [0.25, 0.3) is 11.2 Å². The van der Waals surface area contributed by atoms with Crippen LogP contribution in [0.3, 0.4) is 0 Å². The highest BCUT2D eigenvalue weighted by atomic mass is 32.2. The van der Waals surface area contributed by atoms with Crippen LogP contribution in [0, 0.1) is 5.92 Å². The van der Waals surface area contributed by atoms with E-state index in [2.05, 4.69) is 24.7 Å². The number of aromatic amines is 1. The first-order valence-electron chi connectivity index (χ1n) is 13.5. The van der Waals surface area contributed by atoms with Crippen molar-refractivity contribution in [2.45, 2.75) is 49.5 Å². The molecule has 1 saturated carbocycles. The number of hydrogen-bond acceptors (Lipinski definition) is 8. The average molecular weight is 572 g/mol. The number of aromatic nitrogens is 4. The molecule has 3 N–H and O–H groups in total. The summed E-state index contributed by atoms with van der Waals surface area (Å²) in [6.07, 6.45) is 5.68. The molecule has 41 heavy (non-hydrogen) atoms. The summed E-state index contributed by atoms with van der Waals surface area (Å²) in [6, 6.07) is 18.4. The Kier molecular flexibility index (Phi) is 7.04. The predicted octanol–water partition coefficient (Wildman–Crippen LogP) is 5.09. The third-order valence-corrected chi connectivity index (χ3v) is 8.87. The Morgan fingerprint density at radius 3 is 2.61 bits per heavy atom. The van der Waals surface area contributed by atoms with Crippen molar-refractivity contribution in [3.63, 3.8) is 0 Å². The fourth-order valence-electron chi connectivity index (χ4n) is 5.39. The lowest BCUT2D eigenvalue weighted by molar-refractivity contribution is 0.379. The standard InChI is InChI=1S/C30H29N5O5S/c1-2-19(13-18-7-4-3-5-8-18)24-15-23(36)26(30(37)40-24)25(20-11-12-20)21-9-6-10-22(14-21)35-41(38,39)29-27-28(32-16-31-27)33-17-34-29/h3-10,14-17,19-20,25,35-36H,2,11-13H2,1H3,(H,31,32,33,34). The van der Waals surface area contributed by atoms with E-state index in [1.54, 1.807) is 24.3 Å². The Balaban J connectivity index is 1.32. The number of anilines is 1. The van der Waals surface area contributed by atoms with E-state index in [-0.39, 0.29) is 39.3 Å². The summed E-state index contributed by atoms with van der Waals surface area (Å²) in [4.78, 5) is 28.1. The molecular weight excluding hydrogens is 542 g/mol. The zero-order valence-corrected chi connectivity index (χ0v) is 23.1. The van der Waals surface area contributed by atoms with Gasteiger partial charge in [0.05, 0.1) is 11.9 Å². The molecule has 5 aromatic rings. The Hall–Kier alpha value is -4.51. The Labute approximate surface area is 236 Å². The third-order valence-electron chi connectivity index (χ3n) is 7.55. The highest BCUT2D eigenvalue weighted by Crippen LogP contribution is 2.48. The monoisotopic (exact) mass is 571 g/mol. The maximum Gasteiger partial charge on any atom is 0.343 e. The number of rotatable bonds is 10. The van der Waals surface area contributed by atoms with E-state index in [0.717, 1.165) is 31.2 Å². The largest absolute Gasteiger partial charge is 0.507 e. The smallest absolute Gasteiger partial charge is 0.343 e. The van der Waals surface area contributed by atoms with Gasteiger partial charge in [0, 0.05) is 23.6 Å². The van der Waals surface area contributed by atoms with E-state index in [1.807, 2.05) is 43.3 Å². The van der Waals surface area contributed by atoms with E-state index in [0.29, 0.717) is 23.4 Å². The van der Waals surface area contributed by atoms with Crippen LogP contribution in [0.2, 0.25) is 0 Å². The first kappa shape index (κ1) is 26.7. The molecule has 10 nitrogen and oxygen atoms in total. The van der Waals surface area contributed by atoms with Gasteiger partial charge < -0.3 is 14.5 Å². The molecule has 1 fully saturated rings. The van der Waals surface area contributed by atoms with Crippen LogP contribution in [-0.2, 0) is 16.4 Å². The second kappa shape index (κ2) is 10.8. The van der Waals surface area contributed by atoms with Crippen molar-refractivity contribution >= 4 is 26.9 Å². The normalized spacial score (nSPS) is 15.0. The van der Waals surface area contributed by atoms with E-state index >= 15 is 0 Å². The minimum Gasteiger partial charge on any atom is -0.507 e. The van der Waals surface area contributed by atoms with Gasteiger partial charge in [-0.05, 0) is 54.9 Å². The lowest BCUT2D eigenvalue weighted by Gasteiger charge is -2.20. The van der Waals surface area contributed by atoms with Crippen molar-refractivity contribution < 1.29 is 17.9 Å². The minimum atomic E-state index is -4.08. The summed E-state index contributed by atoms with van der Waals surface area (Å²) in [5.74, 6) is -0.0382. The number of aromatic hydroxyl groups is 1. The first-order valence-corrected chi connectivity index (χ1v) is 15.0. The fraction of sp³-hybridized carbons (Fsp3) is 0.267. The van der Waals surface area contributed by atoms with E-state index in [1.165, 1.54) is 6.33 Å². The molecule has 3 heterocycles. The molecule has 2 unspecified atom stereocenters. The van der Waals surface area contributed by atoms with Crippen molar-refractivity contribution in [2.75, 3.05) is 4.72 Å². The zero-order chi connectivity index (χ0) is 28.6. The van der Waals surface area contributed by atoms with Gasteiger partial charge in [0.2, 0.25) is 5.03 Å². The van der Waals surface area contributed by atoms with Gasteiger partial charge in [0.1, 0.15) is 23.4 Å². The number of benzene rings is 2. The molecule has 0 bridgehead atoms. The lowest BCUT2D eigenvalue weighted by atomic mass is 9.86. The number of nitrogens with zero attached hydrogens (tertiary/aromatic N) is 3. The molecule has 0 spiro atoms. The van der Waals surface area contributed by atoms with Crippen molar-refractivity contribution in [3.8, 4) is 5.75 Å². The van der Waals surface area contributed by atoms with Crippen molar-refractivity contribution in [1.82, 2.24) is 19.9 Å². The minimum absolute atomic E-state index is 0.0645. The second-order valence-corrected chi connectivity index (χ2v) is 12.0. The summed E-state index contributed by atoms with van der Waals surface area (Å²) in [6.45, 7) is 2.02. The van der Waals surface area contributed by atoms with Gasteiger partial charge in [-0.1, -0.05) is 49.4 Å². The molecule has 11 heteroatoms. The summed E-state index contributed by atoms with van der Waals surface area (Å²) in [5.41, 5.74) is 2.19. The average Bonchev–Trinajstić information content (AvgIpc) is 3.68. The van der Waals surface area contributed by atoms with E-state index < -0.39 is 21.6 Å². The van der Waals surface area contributed by atoms with Gasteiger partial charge in [0.15, 0.2) is 5.65 Å². The SMILES string of the molecule is CCC(Cc1ccccc1)c1cc(O)c(C(c2cccc(NS(=O)(=O)c3ncnc4nc[nH]c34)c2)C2CC2)c(=O)o1. The molecule has 3 aromatic heterocycles. The molecule has 210 valence electrons. The Morgan fingerprint density at radius 2 is 1.88 bits per heavy atom. The van der Waals surface area contributed by atoms with Gasteiger partial charge in [-0.15, -0.1) is 0 Å². The second-order valence-electron chi connectivity index (χ2n) is 10.4. The van der Waals surface area contributed by atoms with Crippen molar-refractivity contribution in [3.05, 3.63) is 106 Å². The van der Waals surface area contributed by atoms with Crippen LogP contribution in [0.1, 0.15) is 60.5 Å². The van der Waals surface area contributed by atoms with Crippen molar-refractivity contribution in [2.24, 2.45) is 5.92 Å². The summed E-state index contributed by atoms with van der Waals surface area (Å²) < 4.78 is 34.9. The van der Waals surface area contributed by atoms with Gasteiger partial charge in [-0.3, -0.25) is 4.72 Å².